The Hall–Kier alpha value is -3.68. The molecule has 0 spiro atoms. The van der Waals surface area contributed by atoms with E-state index >= 15 is 0 Å². The molecular weight excluding hydrogens is 675 g/mol. The smallest absolute Gasteiger partial charge is 0.229 e. The van der Waals surface area contributed by atoms with Crippen LogP contribution in [0.3, 0.4) is 0 Å². The van der Waals surface area contributed by atoms with Gasteiger partial charge in [0.2, 0.25) is 5.95 Å². The van der Waals surface area contributed by atoms with Crippen molar-refractivity contribution in [2.75, 3.05) is 82.3 Å². The Morgan fingerprint density at radius 2 is 1.74 bits per heavy atom. The highest BCUT2D eigenvalue weighted by Crippen LogP contribution is 2.42. The number of pyridine rings is 1. The number of halogens is 1. The first-order valence-corrected chi connectivity index (χ1v) is 19.3. The molecule has 4 aromatic rings. The first kappa shape index (κ1) is 33.2. The Kier molecular flexibility index (Phi) is 9.77. The molecule has 0 unspecified atom stereocenters. The molecule has 2 fully saturated rings. The molecule has 12 heteroatoms. The van der Waals surface area contributed by atoms with Gasteiger partial charge in [-0.25, -0.2) is 9.97 Å². The lowest BCUT2D eigenvalue weighted by atomic mass is 10.0. The molecule has 2 aromatic heterocycles. The predicted molar refractivity (Wildman–Crippen MR) is 197 cm³/mol. The van der Waals surface area contributed by atoms with Crippen molar-refractivity contribution in [3.63, 3.8) is 0 Å². The highest BCUT2D eigenvalue weighted by molar-refractivity contribution is 9.10. The number of hydrogen-bond donors (Lipinski definition) is 2. The van der Waals surface area contributed by atoms with Crippen LogP contribution in [0.25, 0.3) is 10.9 Å². The number of fused-ring (bicyclic) bond motifs is 1. The lowest BCUT2D eigenvalue weighted by Crippen LogP contribution is -2.52. The molecule has 6 rings (SSSR count). The average molecular weight is 718 g/mol. The van der Waals surface area contributed by atoms with Gasteiger partial charge < -0.3 is 29.7 Å². The van der Waals surface area contributed by atoms with Gasteiger partial charge in [-0.2, -0.15) is 4.98 Å². The number of ether oxygens (including phenoxy) is 1. The number of likely N-dealkylation sites (N-methyl/N-ethyl adjacent to an activating group) is 1. The third kappa shape index (κ3) is 7.26. The van der Waals surface area contributed by atoms with Gasteiger partial charge in [-0.3, -0.25) is 4.90 Å². The van der Waals surface area contributed by atoms with Crippen LogP contribution >= 0.6 is 23.1 Å². The van der Waals surface area contributed by atoms with Gasteiger partial charge in [0.1, 0.15) is 24.4 Å². The molecule has 4 heterocycles. The lowest BCUT2D eigenvalue weighted by Gasteiger charge is -2.42. The van der Waals surface area contributed by atoms with E-state index in [4.69, 9.17) is 16.1 Å². The summed E-state index contributed by atoms with van der Waals surface area (Å²) in [7, 11) is 1.19. The molecule has 0 bridgehead atoms. The van der Waals surface area contributed by atoms with Gasteiger partial charge in [0.05, 0.1) is 28.5 Å². The van der Waals surface area contributed by atoms with Crippen molar-refractivity contribution in [3.8, 4) is 18.1 Å². The zero-order valence-corrected chi connectivity index (χ0v) is 30.2. The molecule has 0 saturated carbocycles. The molecular formula is C35H42BrN8O2P. The zero-order chi connectivity index (χ0) is 33.3. The van der Waals surface area contributed by atoms with Gasteiger partial charge in [0, 0.05) is 74.0 Å². The van der Waals surface area contributed by atoms with Crippen LogP contribution < -0.4 is 25.6 Å². The number of benzene rings is 2. The van der Waals surface area contributed by atoms with Gasteiger partial charge in [0.25, 0.3) is 0 Å². The molecule has 2 saturated heterocycles. The van der Waals surface area contributed by atoms with Crippen LogP contribution in [0.1, 0.15) is 24.1 Å². The number of nitrogens with zero attached hydrogens (tertiary/aromatic N) is 6. The van der Waals surface area contributed by atoms with Crippen LogP contribution in [-0.2, 0) is 4.57 Å². The molecule has 0 radical (unpaired) electrons. The molecule has 2 aliphatic heterocycles. The quantitative estimate of drug-likeness (QED) is 0.166. The Balaban J connectivity index is 1.21. The van der Waals surface area contributed by atoms with Crippen LogP contribution in [0, 0.1) is 19.3 Å². The Bertz CT molecular complexity index is 1870. The molecule has 2 N–H and O–H groups in total. The number of anilines is 5. The van der Waals surface area contributed by atoms with Crippen molar-refractivity contribution >= 4 is 68.1 Å². The molecule has 0 atom stereocenters. The molecule has 246 valence electrons. The largest absolute Gasteiger partial charge is 0.495 e. The molecule has 10 nitrogen and oxygen atoms in total. The third-order valence-corrected chi connectivity index (χ3v) is 11.3. The minimum absolute atomic E-state index is 0.417. The summed E-state index contributed by atoms with van der Waals surface area (Å²) in [6, 6.07) is 12.3. The van der Waals surface area contributed by atoms with Crippen LogP contribution in [0.5, 0.6) is 5.75 Å². The maximum absolute atomic E-state index is 13.5. The number of hydrogen-bond acceptors (Lipinski definition) is 10. The van der Waals surface area contributed by atoms with Crippen LogP contribution in [-0.4, -0.2) is 97.5 Å². The van der Waals surface area contributed by atoms with Gasteiger partial charge in [-0.05, 0) is 92.0 Å². The zero-order valence-electron chi connectivity index (χ0n) is 27.7. The van der Waals surface area contributed by atoms with Crippen molar-refractivity contribution in [1.82, 2.24) is 24.8 Å². The fourth-order valence-corrected chi connectivity index (χ4v) is 8.36. The molecule has 47 heavy (non-hydrogen) atoms. The Morgan fingerprint density at radius 3 is 2.43 bits per heavy atom. The van der Waals surface area contributed by atoms with E-state index in [-0.39, 0.29) is 0 Å². The highest BCUT2D eigenvalue weighted by atomic mass is 79.9. The summed E-state index contributed by atoms with van der Waals surface area (Å²) in [4.78, 5) is 21.4. The summed E-state index contributed by atoms with van der Waals surface area (Å²) < 4.78 is 20.1. The number of nitrogens with one attached hydrogen (secondary N) is 2. The minimum Gasteiger partial charge on any atom is -0.495 e. The van der Waals surface area contributed by atoms with Gasteiger partial charge in [-0.15, -0.1) is 6.42 Å². The first-order chi connectivity index (χ1) is 22.5. The maximum atomic E-state index is 13.5. The number of aryl methyl sites for hydroxylation is 1. The summed E-state index contributed by atoms with van der Waals surface area (Å²) in [5.41, 5.74) is 4.96. The summed E-state index contributed by atoms with van der Waals surface area (Å²) in [5, 5.41) is 8.27. The average Bonchev–Trinajstić information content (AvgIpc) is 3.06. The van der Waals surface area contributed by atoms with E-state index in [0.717, 1.165) is 80.2 Å². The molecule has 0 amide bonds. The Morgan fingerprint density at radius 1 is 1.00 bits per heavy atom. The second kappa shape index (κ2) is 13.8. The number of rotatable bonds is 8. The molecule has 0 aliphatic carbocycles. The van der Waals surface area contributed by atoms with E-state index in [1.54, 1.807) is 32.7 Å². The monoisotopic (exact) mass is 716 g/mol. The lowest BCUT2D eigenvalue weighted by molar-refractivity contribution is 0.0981. The number of piperazine rings is 1. The van der Waals surface area contributed by atoms with Crippen molar-refractivity contribution in [1.29, 1.82) is 0 Å². The summed E-state index contributed by atoms with van der Waals surface area (Å²) in [6.45, 7) is 12.2. The van der Waals surface area contributed by atoms with Crippen molar-refractivity contribution in [3.05, 3.63) is 58.3 Å². The van der Waals surface area contributed by atoms with Crippen LogP contribution in [0.2, 0.25) is 0 Å². The van der Waals surface area contributed by atoms with E-state index in [2.05, 4.69) is 77.2 Å². The molecule has 2 aliphatic rings. The minimum atomic E-state index is -2.74. The highest BCUT2D eigenvalue weighted by Gasteiger charge is 2.28. The van der Waals surface area contributed by atoms with E-state index in [1.807, 2.05) is 24.3 Å². The third-order valence-electron chi connectivity index (χ3n) is 9.16. The summed E-state index contributed by atoms with van der Waals surface area (Å²) in [5.74, 6) is 4.34. The Labute approximate surface area is 285 Å². The van der Waals surface area contributed by atoms with Crippen molar-refractivity contribution in [2.24, 2.45) is 0 Å². The van der Waals surface area contributed by atoms with E-state index in [9.17, 15) is 4.57 Å². The fourth-order valence-electron chi connectivity index (χ4n) is 6.59. The maximum Gasteiger partial charge on any atom is 0.229 e. The van der Waals surface area contributed by atoms with Crippen LogP contribution in [0.15, 0.2) is 47.1 Å². The van der Waals surface area contributed by atoms with E-state index in [0.29, 0.717) is 44.5 Å². The predicted octanol–water partition coefficient (Wildman–Crippen LogP) is 6.04. The number of piperidine rings is 1. The first-order valence-electron chi connectivity index (χ1n) is 15.9. The standard InChI is InChI=1S/C35H42BrN8O2P/c1-7-24-8-9-26-28(38-24)10-11-29(33(26)47(5,6)45)39-34-27(36)22-37-35(41-34)40-30-21-32(46-4)31(20-23(30)2)44-14-12-25(13-15-44)43-18-16-42(3)17-19-43/h1,8-11,20-22,25H,12-19H2,2-6H3,(H2,37,39,40,41). The topological polar surface area (TPSA) is 98.7 Å². The van der Waals surface area contributed by atoms with Crippen molar-refractivity contribution < 1.29 is 9.30 Å². The number of methoxy groups -OCH3 is 1. The second-order valence-corrected chi connectivity index (χ2v) is 16.8. The summed E-state index contributed by atoms with van der Waals surface area (Å²) in [6.07, 6.45) is 9.57. The summed E-state index contributed by atoms with van der Waals surface area (Å²) >= 11 is 3.59. The van der Waals surface area contributed by atoms with Crippen molar-refractivity contribution in [2.45, 2.75) is 25.8 Å². The molecule has 2 aromatic carbocycles. The van der Waals surface area contributed by atoms with Gasteiger partial charge in [0.15, 0.2) is 0 Å². The fraction of sp³-hybridized carbons (Fsp3) is 0.400. The number of terminal acetylenes is 1. The SMILES string of the molecule is C#Cc1ccc2c(P(C)(C)=O)c(Nc3nc(Nc4cc(OC)c(N5CCC(N6CCN(C)CC6)CC5)cc4C)ncc3Br)ccc2n1. The van der Waals surface area contributed by atoms with Crippen LogP contribution in [0.4, 0.5) is 28.8 Å². The second-order valence-electron chi connectivity index (χ2n) is 12.8. The normalized spacial score (nSPS) is 16.7. The van der Waals surface area contributed by atoms with E-state index < -0.39 is 7.14 Å². The number of aromatic nitrogens is 3. The van der Waals surface area contributed by atoms with Gasteiger partial charge in [-0.1, -0.05) is 5.92 Å². The van der Waals surface area contributed by atoms with E-state index in [1.165, 1.54) is 0 Å². The van der Waals surface area contributed by atoms with Gasteiger partial charge >= 0.3 is 0 Å².